The van der Waals surface area contributed by atoms with Crippen LogP contribution >= 0.6 is 15.6 Å². The highest BCUT2D eigenvalue weighted by Gasteiger charge is 2.30. The Balaban J connectivity index is 5.23. The number of rotatable bonds is 89. The highest BCUT2D eigenvalue weighted by Crippen LogP contribution is 2.45. The third-order valence-corrected chi connectivity index (χ3v) is 22.9. The lowest BCUT2D eigenvalue weighted by Gasteiger charge is -2.21. The van der Waals surface area contributed by atoms with Crippen molar-refractivity contribution in [3.8, 4) is 0 Å². The Hall–Kier alpha value is -1.94. The van der Waals surface area contributed by atoms with Crippen LogP contribution in [0.15, 0.2) is 0 Å². The van der Waals surface area contributed by atoms with E-state index in [1.54, 1.807) is 0 Å². The minimum Gasteiger partial charge on any atom is -0.462 e. The Kier molecular flexibility index (Phi) is 80.2. The van der Waals surface area contributed by atoms with Crippen molar-refractivity contribution in [1.29, 1.82) is 0 Å². The molecule has 0 bridgehead atoms. The van der Waals surface area contributed by atoms with Crippen LogP contribution in [0.5, 0.6) is 0 Å². The van der Waals surface area contributed by atoms with Crippen LogP contribution in [0.25, 0.3) is 0 Å². The lowest BCUT2D eigenvalue weighted by molar-refractivity contribution is -0.161. The van der Waals surface area contributed by atoms with E-state index in [1.807, 2.05) is 0 Å². The zero-order valence-corrected chi connectivity index (χ0v) is 72.8. The van der Waals surface area contributed by atoms with Crippen LogP contribution in [0.1, 0.15) is 484 Å². The molecule has 0 aromatic rings. The summed E-state index contributed by atoms with van der Waals surface area (Å²) in [5.41, 5.74) is 0. The number of carbonyl (C=O) groups excluding carboxylic acids is 4. The van der Waals surface area contributed by atoms with Crippen LogP contribution in [0.3, 0.4) is 0 Å². The van der Waals surface area contributed by atoms with Crippen molar-refractivity contribution < 1.29 is 80.2 Å². The standard InChI is InChI=1S/C89H174O17P2/c1-6-9-12-15-18-21-24-26-28-30-32-33-35-41-45-50-55-60-65-70-75-89(94)106-85(79-100-87(92)73-68-63-58-53-48-43-39-37-36-38-42-47-51-56-61-66-71-82(4)5)81-104-108(97,98)102-77-83(90)76-101-107(95,96)103-80-84(78-99-86(91)72-67-62-57-52-46-23-20-17-14-11-8-3)105-88(93)74-69-64-59-54-49-44-40-34-31-29-27-25-22-19-16-13-10-7-2/h82-85,90H,6-81H2,1-5H3,(H,95,96)(H,97,98)/t83-,84+,85+/m0/s1. The van der Waals surface area contributed by atoms with Crippen LogP contribution in [-0.4, -0.2) is 96.7 Å². The smallest absolute Gasteiger partial charge is 0.462 e. The number of hydrogen-bond acceptors (Lipinski definition) is 15. The SMILES string of the molecule is CCCCCCCCCCCCCCCCCCCCCCC(=O)O[C@H](COC(=O)CCCCCCCCCCCCCCCCCCC(C)C)COP(=O)(O)OC[C@@H](O)COP(=O)(O)OC[C@@H](COC(=O)CCCCCCCCCCCCC)OC(=O)CCCCCCCCCCCCCCCCCCCC. The summed E-state index contributed by atoms with van der Waals surface area (Å²) in [6, 6.07) is 0. The Morgan fingerprint density at radius 3 is 0.630 bits per heavy atom. The van der Waals surface area contributed by atoms with Crippen molar-refractivity contribution in [2.75, 3.05) is 39.6 Å². The molecule has 19 heteroatoms. The predicted octanol–water partition coefficient (Wildman–Crippen LogP) is 27.5. The Labute approximate surface area is 664 Å². The highest BCUT2D eigenvalue weighted by molar-refractivity contribution is 7.47. The number of aliphatic hydroxyl groups excluding tert-OH is 1. The van der Waals surface area contributed by atoms with Gasteiger partial charge in [-0.25, -0.2) is 9.13 Å². The number of esters is 4. The van der Waals surface area contributed by atoms with Crippen LogP contribution in [0.2, 0.25) is 0 Å². The van der Waals surface area contributed by atoms with Gasteiger partial charge in [0.1, 0.15) is 19.3 Å². The van der Waals surface area contributed by atoms with E-state index >= 15 is 0 Å². The van der Waals surface area contributed by atoms with Gasteiger partial charge in [0.25, 0.3) is 0 Å². The highest BCUT2D eigenvalue weighted by atomic mass is 31.2. The van der Waals surface area contributed by atoms with E-state index in [4.69, 9.17) is 37.0 Å². The van der Waals surface area contributed by atoms with E-state index in [9.17, 15) is 43.2 Å². The average molecular weight is 1580 g/mol. The third-order valence-electron chi connectivity index (χ3n) is 21.0. The van der Waals surface area contributed by atoms with Gasteiger partial charge in [0.05, 0.1) is 26.4 Å². The molecule has 0 radical (unpaired) electrons. The second kappa shape index (κ2) is 81.6. The van der Waals surface area contributed by atoms with Gasteiger partial charge in [-0.05, 0) is 31.6 Å². The van der Waals surface area contributed by atoms with E-state index in [2.05, 4.69) is 34.6 Å². The summed E-state index contributed by atoms with van der Waals surface area (Å²) in [6.45, 7) is 7.42. The normalized spacial score (nSPS) is 13.7. The molecule has 0 saturated heterocycles. The monoisotopic (exact) mass is 1580 g/mol. The molecular formula is C89H174O17P2. The average Bonchev–Trinajstić information content (AvgIpc) is 0.899. The van der Waals surface area contributed by atoms with Gasteiger partial charge in [0.15, 0.2) is 12.2 Å². The minimum absolute atomic E-state index is 0.109. The van der Waals surface area contributed by atoms with Crippen molar-refractivity contribution >= 4 is 39.5 Å². The summed E-state index contributed by atoms with van der Waals surface area (Å²) in [6.07, 6.45) is 76.4. The first kappa shape index (κ1) is 106. The van der Waals surface area contributed by atoms with Gasteiger partial charge in [0.2, 0.25) is 0 Å². The molecule has 0 amide bonds. The van der Waals surface area contributed by atoms with Gasteiger partial charge < -0.3 is 33.8 Å². The second-order valence-corrected chi connectivity index (χ2v) is 35.4. The fourth-order valence-electron chi connectivity index (χ4n) is 14.0. The van der Waals surface area contributed by atoms with Crippen molar-refractivity contribution in [3.63, 3.8) is 0 Å². The maximum atomic E-state index is 13.2. The lowest BCUT2D eigenvalue weighted by Crippen LogP contribution is -2.30. The summed E-state index contributed by atoms with van der Waals surface area (Å²) in [7, 11) is -9.93. The number of carbonyl (C=O) groups is 4. The van der Waals surface area contributed by atoms with Crippen molar-refractivity contribution in [1.82, 2.24) is 0 Å². The molecule has 0 aromatic carbocycles. The van der Waals surface area contributed by atoms with E-state index < -0.39 is 97.5 Å². The molecule has 0 aliphatic rings. The van der Waals surface area contributed by atoms with Crippen LogP contribution in [-0.2, 0) is 65.4 Å². The van der Waals surface area contributed by atoms with Gasteiger partial charge >= 0.3 is 39.5 Å². The molecule has 0 spiro atoms. The molecule has 0 aliphatic carbocycles. The molecule has 642 valence electrons. The number of phosphoric acid groups is 2. The van der Waals surface area contributed by atoms with Gasteiger partial charge in [-0.3, -0.25) is 37.3 Å². The molecule has 3 N–H and O–H groups in total. The summed E-state index contributed by atoms with van der Waals surface area (Å²) in [5, 5.41) is 10.7. The van der Waals surface area contributed by atoms with Gasteiger partial charge in [-0.15, -0.1) is 0 Å². The first-order chi connectivity index (χ1) is 52.5. The fraction of sp³-hybridized carbons (Fsp3) is 0.955. The number of ether oxygens (including phenoxy) is 4. The summed E-state index contributed by atoms with van der Waals surface area (Å²) >= 11 is 0. The van der Waals surface area contributed by atoms with Gasteiger partial charge in [-0.2, -0.15) is 0 Å². The molecule has 2 unspecified atom stereocenters. The quantitative estimate of drug-likeness (QED) is 0.0222. The molecule has 0 heterocycles. The van der Waals surface area contributed by atoms with Crippen LogP contribution < -0.4 is 0 Å². The van der Waals surface area contributed by atoms with Crippen molar-refractivity contribution in [3.05, 3.63) is 0 Å². The molecule has 0 aliphatic heterocycles. The van der Waals surface area contributed by atoms with E-state index in [1.165, 1.54) is 308 Å². The number of phosphoric ester groups is 2. The Bertz CT molecular complexity index is 2050. The molecule has 17 nitrogen and oxygen atoms in total. The number of hydrogen-bond donors (Lipinski definition) is 3. The molecule has 0 fully saturated rings. The number of unbranched alkanes of at least 4 members (excludes halogenated alkanes) is 61. The second-order valence-electron chi connectivity index (χ2n) is 32.5. The van der Waals surface area contributed by atoms with E-state index in [-0.39, 0.29) is 25.7 Å². The van der Waals surface area contributed by atoms with Crippen LogP contribution in [0, 0.1) is 5.92 Å². The zero-order valence-electron chi connectivity index (χ0n) is 71.0. The van der Waals surface area contributed by atoms with Gasteiger partial charge in [-0.1, -0.05) is 433 Å². The Morgan fingerprint density at radius 2 is 0.426 bits per heavy atom. The molecule has 0 saturated carbocycles. The molecular weight excluding hydrogens is 1400 g/mol. The molecule has 5 atom stereocenters. The minimum atomic E-state index is -4.97. The van der Waals surface area contributed by atoms with Gasteiger partial charge in [0, 0.05) is 25.7 Å². The first-order valence-corrected chi connectivity index (χ1v) is 49.1. The summed E-state index contributed by atoms with van der Waals surface area (Å²) < 4.78 is 69.0. The lowest BCUT2D eigenvalue weighted by atomic mass is 10.0. The number of aliphatic hydroxyl groups is 1. The fourth-order valence-corrected chi connectivity index (χ4v) is 15.6. The summed E-state index contributed by atoms with van der Waals surface area (Å²) in [4.78, 5) is 73.3. The van der Waals surface area contributed by atoms with E-state index in [0.717, 1.165) is 95.8 Å². The molecule has 108 heavy (non-hydrogen) atoms. The maximum Gasteiger partial charge on any atom is 0.472 e. The molecule has 0 aromatic heterocycles. The maximum absolute atomic E-state index is 13.2. The van der Waals surface area contributed by atoms with Crippen molar-refractivity contribution in [2.24, 2.45) is 5.92 Å². The topological polar surface area (TPSA) is 237 Å². The predicted molar refractivity (Wildman–Crippen MR) is 446 cm³/mol. The van der Waals surface area contributed by atoms with E-state index in [0.29, 0.717) is 25.7 Å². The Morgan fingerprint density at radius 1 is 0.250 bits per heavy atom. The largest absolute Gasteiger partial charge is 0.472 e. The molecule has 0 rings (SSSR count). The zero-order chi connectivity index (χ0) is 79.0. The van der Waals surface area contributed by atoms with Crippen LogP contribution in [0.4, 0.5) is 0 Å². The van der Waals surface area contributed by atoms with Crippen molar-refractivity contribution in [2.45, 2.75) is 502 Å². The third kappa shape index (κ3) is 82.1. The first-order valence-electron chi connectivity index (χ1n) is 46.1. The summed E-state index contributed by atoms with van der Waals surface area (Å²) in [5.74, 6) is -1.28.